The summed E-state index contributed by atoms with van der Waals surface area (Å²) in [6, 6.07) is 5.15. The van der Waals surface area contributed by atoms with Crippen molar-refractivity contribution in [3.8, 4) is 0 Å². The fourth-order valence-electron chi connectivity index (χ4n) is 4.19. The monoisotopic (exact) mass is 430 g/mol. The number of hydrogen-bond donors (Lipinski definition) is 2. The van der Waals surface area contributed by atoms with E-state index in [2.05, 4.69) is 15.1 Å². The molecule has 0 bridgehead atoms. The highest BCUT2D eigenvalue weighted by molar-refractivity contribution is 6.01. The Morgan fingerprint density at radius 2 is 1.68 bits per heavy atom. The van der Waals surface area contributed by atoms with E-state index in [0.717, 1.165) is 57.8 Å². The molecule has 170 valence electrons. The first kappa shape index (κ1) is 23.1. The van der Waals surface area contributed by atoms with Crippen molar-refractivity contribution in [3.63, 3.8) is 0 Å². The van der Waals surface area contributed by atoms with Gasteiger partial charge in [0, 0.05) is 51.4 Å². The number of carbonyl (C=O) groups is 3. The molecule has 0 spiro atoms. The number of nitrogens with one attached hydrogen (secondary N) is 1. The third-order valence-electron chi connectivity index (χ3n) is 5.91. The first-order chi connectivity index (χ1) is 14.8. The minimum Gasteiger partial charge on any atom is -0.478 e. The van der Waals surface area contributed by atoms with Gasteiger partial charge in [-0.15, -0.1) is 0 Å². The van der Waals surface area contributed by atoms with Gasteiger partial charge in [-0.25, -0.2) is 4.79 Å². The molecule has 0 aromatic heterocycles. The molecular weight excluding hydrogens is 396 g/mol. The minimum absolute atomic E-state index is 0.0947. The second-order valence-corrected chi connectivity index (χ2v) is 8.89. The molecule has 2 saturated heterocycles. The van der Waals surface area contributed by atoms with Crippen LogP contribution in [0.2, 0.25) is 0 Å². The van der Waals surface area contributed by atoms with E-state index in [1.807, 2.05) is 24.8 Å². The van der Waals surface area contributed by atoms with Crippen LogP contribution in [-0.2, 0) is 9.59 Å². The van der Waals surface area contributed by atoms with Crippen molar-refractivity contribution >= 4 is 29.2 Å². The Bertz CT molecular complexity index is 797. The fraction of sp³-hybridized carbons (Fsp3) is 0.609. The number of likely N-dealkylation sites (tertiary alicyclic amines) is 1. The van der Waals surface area contributed by atoms with Crippen molar-refractivity contribution in [2.45, 2.75) is 39.5 Å². The lowest BCUT2D eigenvalue weighted by Gasteiger charge is -2.37. The van der Waals surface area contributed by atoms with Crippen LogP contribution in [0.1, 0.15) is 49.9 Å². The number of carbonyl (C=O) groups excluding carboxylic acids is 2. The molecule has 2 aliphatic heterocycles. The molecule has 31 heavy (non-hydrogen) atoms. The molecule has 0 aliphatic carbocycles. The van der Waals surface area contributed by atoms with Gasteiger partial charge in [-0.05, 0) is 43.4 Å². The van der Waals surface area contributed by atoms with Gasteiger partial charge >= 0.3 is 5.97 Å². The highest BCUT2D eigenvalue weighted by atomic mass is 16.4. The molecule has 2 fully saturated rings. The molecule has 1 aromatic rings. The number of carboxylic acid groups (broad SMARTS) is 1. The number of rotatable bonds is 7. The van der Waals surface area contributed by atoms with Crippen molar-refractivity contribution in [3.05, 3.63) is 23.8 Å². The smallest absolute Gasteiger partial charge is 0.337 e. The Labute approximate surface area is 184 Å². The van der Waals surface area contributed by atoms with Crippen molar-refractivity contribution in [2.24, 2.45) is 5.92 Å². The molecule has 2 aliphatic rings. The van der Waals surface area contributed by atoms with Crippen molar-refractivity contribution < 1.29 is 19.5 Å². The van der Waals surface area contributed by atoms with Crippen LogP contribution in [0, 0.1) is 5.92 Å². The zero-order chi connectivity index (χ0) is 22.4. The fourth-order valence-corrected chi connectivity index (χ4v) is 4.19. The quantitative estimate of drug-likeness (QED) is 0.690. The van der Waals surface area contributed by atoms with Crippen LogP contribution in [0.15, 0.2) is 18.2 Å². The molecule has 8 nitrogen and oxygen atoms in total. The molecule has 3 rings (SSSR count). The lowest BCUT2D eigenvalue weighted by atomic mass is 10.1. The Hall–Kier alpha value is -2.61. The molecule has 0 atom stereocenters. The Morgan fingerprint density at radius 3 is 2.29 bits per heavy atom. The van der Waals surface area contributed by atoms with E-state index in [1.54, 1.807) is 12.1 Å². The third kappa shape index (κ3) is 6.43. The molecule has 0 radical (unpaired) electrons. The number of aromatic carboxylic acids is 1. The number of anilines is 2. The van der Waals surface area contributed by atoms with Crippen molar-refractivity contribution in [1.82, 2.24) is 9.80 Å². The van der Waals surface area contributed by atoms with Crippen LogP contribution in [0.25, 0.3) is 0 Å². The van der Waals surface area contributed by atoms with Crippen LogP contribution < -0.4 is 10.2 Å². The number of carboxylic acids is 1. The van der Waals surface area contributed by atoms with Crippen molar-refractivity contribution in [1.29, 1.82) is 0 Å². The summed E-state index contributed by atoms with van der Waals surface area (Å²) in [6.45, 7) is 9.06. The van der Waals surface area contributed by atoms with Gasteiger partial charge in [0.1, 0.15) is 0 Å². The average molecular weight is 431 g/mol. The number of piperazine rings is 1. The molecular formula is C23H34N4O4. The molecule has 2 N–H and O–H groups in total. The molecule has 2 amide bonds. The van der Waals surface area contributed by atoms with Gasteiger partial charge in [0.05, 0.1) is 17.8 Å². The summed E-state index contributed by atoms with van der Waals surface area (Å²) >= 11 is 0. The summed E-state index contributed by atoms with van der Waals surface area (Å²) in [5.74, 6) is -0.835. The lowest BCUT2D eigenvalue weighted by Crippen LogP contribution is -2.50. The van der Waals surface area contributed by atoms with Gasteiger partial charge < -0.3 is 20.2 Å². The highest BCUT2D eigenvalue weighted by Crippen LogP contribution is 2.25. The zero-order valence-corrected chi connectivity index (χ0v) is 18.6. The van der Waals surface area contributed by atoms with Crippen LogP contribution in [0.5, 0.6) is 0 Å². The number of piperidine rings is 1. The predicted molar refractivity (Wildman–Crippen MR) is 121 cm³/mol. The third-order valence-corrected chi connectivity index (χ3v) is 5.91. The first-order valence-electron chi connectivity index (χ1n) is 11.3. The molecule has 0 saturated carbocycles. The second-order valence-electron chi connectivity index (χ2n) is 8.89. The van der Waals surface area contributed by atoms with Crippen LogP contribution in [0.3, 0.4) is 0 Å². The van der Waals surface area contributed by atoms with E-state index in [9.17, 15) is 19.5 Å². The van der Waals surface area contributed by atoms with Gasteiger partial charge in [-0.1, -0.05) is 13.8 Å². The van der Waals surface area contributed by atoms with E-state index in [4.69, 9.17) is 0 Å². The van der Waals surface area contributed by atoms with E-state index >= 15 is 0 Å². The van der Waals surface area contributed by atoms with E-state index in [-0.39, 0.29) is 23.3 Å². The topological polar surface area (TPSA) is 93.2 Å². The first-order valence-corrected chi connectivity index (χ1v) is 11.3. The van der Waals surface area contributed by atoms with E-state index in [1.165, 1.54) is 6.42 Å². The van der Waals surface area contributed by atoms with Crippen LogP contribution in [0.4, 0.5) is 11.4 Å². The van der Waals surface area contributed by atoms with Gasteiger partial charge in [-0.3, -0.25) is 14.5 Å². The highest BCUT2D eigenvalue weighted by Gasteiger charge is 2.24. The Morgan fingerprint density at radius 1 is 1.00 bits per heavy atom. The summed E-state index contributed by atoms with van der Waals surface area (Å²) in [4.78, 5) is 42.6. The number of amides is 2. The maximum absolute atomic E-state index is 12.5. The summed E-state index contributed by atoms with van der Waals surface area (Å²) < 4.78 is 0. The average Bonchev–Trinajstić information content (AvgIpc) is 2.74. The van der Waals surface area contributed by atoms with Crippen LogP contribution in [-0.4, -0.2) is 78.5 Å². The van der Waals surface area contributed by atoms with Gasteiger partial charge in [0.25, 0.3) is 0 Å². The SMILES string of the molecule is CC(C)CC(=O)Nc1ccc(N2CCN(CC(=O)N3CCCCC3)CC2)cc1C(=O)O. The van der Waals surface area contributed by atoms with Gasteiger partial charge in [-0.2, -0.15) is 0 Å². The normalized spacial score (nSPS) is 17.6. The number of nitrogens with zero attached hydrogens (tertiary/aromatic N) is 3. The summed E-state index contributed by atoms with van der Waals surface area (Å²) in [5, 5.41) is 12.4. The standard InChI is InChI=1S/C23H34N4O4/c1-17(2)14-21(28)24-20-7-6-18(15-19(20)23(30)31)26-12-10-25(11-13-26)16-22(29)27-8-4-3-5-9-27/h6-7,15,17H,3-5,8-14,16H2,1-2H3,(H,24,28)(H,30,31). The lowest BCUT2D eigenvalue weighted by molar-refractivity contribution is -0.133. The number of benzene rings is 1. The van der Waals surface area contributed by atoms with Gasteiger partial charge in [0.2, 0.25) is 11.8 Å². The van der Waals surface area contributed by atoms with E-state index < -0.39 is 5.97 Å². The predicted octanol–water partition coefficient (Wildman–Crippen LogP) is 2.50. The van der Waals surface area contributed by atoms with E-state index in [0.29, 0.717) is 18.7 Å². The second kappa shape index (κ2) is 10.6. The molecule has 8 heteroatoms. The Kier molecular flexibility index (Phi) is 7.90. The van der Waals surface area contributed by atoms with Crippen molar-refractivity contribution in [2.75, 3.05) is 56.0 Å². The number of hydrogen-bond acceptors (Lipinski definition) is 5. The van der Waals surface area contributed by atoms with Crippen LogP contribution >= 0.6 is 0 Å². The summed E-state index contributed by atoms with van der Waals surface area (Å²) in [5.41, 5.74) is 1.24. The maximum Gasteiger partial charge on any atom is 0.337 e. The maximum atomic E-state index is 12.5. The summed E-state index contributed by atoms with van der Waals surface area (Å²) in [7, 11) is 0. The zero-order valence-electron chi connectivity index (χ0n) is 18.6. The largest absolute Gasteiger partial charge is 0.478 e. The molecule has 0 unspecified atom stereocenters. The van der Waals surface area contributed by atoms with Gasteiger partial charge in [0.15, 0.2) is 0 Å². The molecule has 1 aromatic carbocycles. The molecule has 2 heterocycles. The minimum atomic E-state index is -1.06. The Balaban J connectivity index is 1.58. The summed E-state index contributed by atoms with van der Waals surface area (Å²) in [6.07, 6.45) is 3.75.